The van der Waals surface area contributed by atoms with Crippen molar-refractivity contribution in [2.75, 3.05) is 24.5 Å². The molecule has 5 rings (SSSR count). The highest BCUT2D eigenvalue weighted by atomic mass is 16.4. The van der Waals surface area contributed by atoms with Gasteiger partial charge in [0.2, 0.25) is 0 Å². The third-order valence-corrected chi connectivity index (χ3v) is 8.30. The SMILES string of the molecule is CCCC[C@@H](CC)CN(C(=O)O)c1[nH]n([C@@H]2CN(Cc3ccccc3)CC[C@H]2C)c2c1cnc1nccc12. The van der Waals surface area contributed by atoms with Crippen molar-refractivity contribution < 1.29 is 9.90 Å². The normalized spacial score (nSPS) is 19.2. The van der Waals surface area contributed by atoms with Crippen molar-refractivity contribution in [1.29, 1.82) is 0 Å². The molecule has 1 aliphatic rings. The van der Waals surface area contributed by atoms with Crippen LogP contribution in [0.25, 0.3) is 21.9 Å². The lowest BCUT2D eigenvalue weighted by atomic mass is 9.93. The minimum absolute atomic E-state index is 0.168. The van der Waals surface area contributed by atoms with Gasteiger partial charge in [-0.25, -0.2) is 14.8 Å². The van der Waals surface area contributed by atoms with Crippen molar-refractivity contribution in [3.63, 3.8) is 0 Å². The molecule has 1 aromatic carbocycles. The molecule has 0 radical (unpaired) electrons. The zero-order valence-electron chi connectivity index (χ0n) is 22.8. The van der Waals surface area contributed by atoms with Crippen LogP contribution in [0, 0.1) is 11.8 Å². The number of rotatable bonds is 10. The number of aromatic nitrogens is 4. The summed E-state index contributed by atoms with van der Waals surface area (Å²) in [5, 5.41) is 15.8. The van der Waals surface area contributed by atoms with Gasteiger partial charge in [0, 0.05) is 37.4 Å². The first kappa shape index (κ1) is 26.2. The van der Waals surface area contributed by atoms with E-state index in [0.29, 0.717) is 29.8 Å². The van der Waals surface area contributed by atoms with Crippen LogP contribution >= 0.6 is 0 Å². The van der Waals surface area contributed by atoms with Gasteiger partial charge in [0.05, 0.1) is 16.9 Å². The Hall–Kier alpha value is -3.39. The molecule has 38 heavy (non-hydrogen) atoms. The number of nitrogens with one attached hydrogen (secondary N) is 1. The van der Waals surface area contributed by atoms with Gasteiger partial charge in [-0.1, -0.05) is 70.4 Å². The maximum atomic E-state index is 12.6. The lowest BCUT2D eigenvalue weighted by Crippen LogP contribution is -2.41. The van der Waals surface area contributed by atoms with Crippen LogP contribution < -0.4 is 4.90 Å². The number of benzene rings is 1. The van der Waals surface area contributed by atoms with E-state index in [1.807, 2.05) is 6.07 Å². The predicted molar refractivity (Wildman–Crippen MR) is 153 cm³/mol. The fourth-order valence-electron chi connectivity index (χ4n) is 5.94. The molecule has 1 fully saturated rings. The average Bonchev–Trinajstić information content (AvgIpc) is 3.55. The largest absolute Gasteiger partial charge is 0.465 e. The standard InChI is InChI=1S/C30H40N6O2/c1-4-6-10-22(5-2)19-35(30(37)38)29-25-17-32-28-24(13-15-31-28)27(25)36(33-29)26-20-34(16-14-21(26)3)18-23-11-8-7-9-12-23/h7-9,11-13,15,17,21-22,26,33H,4-6,10,14,16,18-20H2,1-3H3,(H,37,38)/t21-,22-,26-/m1/s1. The van der Waals surface area contributed by atoms with E-state index in [-0.39, 0.29) is 6.04 Å². The first-order chi connectivity index (χ1) is 18.5. The first-order valence-electron chi connectivity index (χ1n) is 14.1. The second-order valence-electron chi connectivity index (χ2n) is 10.9. The van der Waals surface area contributed by atoms with Crippen LogP contribution in [0.15, 0.2) is 48.8 Å². The molecule has 0 bridgehead atoms. The Kier molecular flexibility index (Phi) is 7.98. The number of H-pyrrole nitrogens is 1. The number of nitrogens with zero attached hydrogens (tertiary/aromatic N) is 5. The van der Waals surface area contributed by atoms with Crippen molar-refractivity contribution in [2.45, 2.75) is 65.5 Å². The van der Waals surface area contributed by atoms with E-state index in [0.717, 1.165) is 68.0 Å². The molecule has 1 aliphatic heterocycles. The van der Waals surface area contributed by atoms with Crippen LogP contribution in [0.3, 0.4) is 0 Å². The van der Waals surface area contributed by atoms with Crippen molar-refractivity contribution in [1.82, 2.24) is 24.6 Å². The maximum absolute atomic E-state index is 12.6. The minimum Gasteiger partial charge on any atom is -0.465 e. The summed E-state index contributed by atoms with van der Waals surface area (Å²) in [5.41, 5.74) is 3.00. The van der Waals surface area contributed by atoms with Crippen LogP contribution in [-0.2, 0) is 6.54 Å². The quantitative estimate of drug-likeness (QED) is 0.245. The summed E-state index contributed by atoms with van der Waals surface area (Å²) in [7, 11) is 0. The monoisotopic (exact) mass is 516 g/mol. The Bertz CT molecular complexity index is 1360. The van der Waals surface area contributed by atoms with Crippen LogP contribution in [0.5, 0.6) is 0 Å². The van der Waals surface area contributed by atoms with Gasteiger partial charge < -0.3 is 5.11 Å². The molecule has 3 atom stereocenters. The number of carboxylic acid groups (broad SMARTS) is 1. The molecular formula is C30H40N6O2. The summed E-state index contributed by atoms with van der Waals surface area (Å²) in [4.78, 5) is 25.7. The van der Waals surface area contributed by atoms with Gasteiger partial charge in [0.1, 0.15) is 5.82 Å². The van der Waals surface area contributed by atoms with Crippen molar-refractivity contribution >= 4 is 33.8 Å². The number of hydrogen-bond acceptors (Lipinski definition) is 4. The van der Waals surface area contributed by atoms with Crippen molar-refractivity contribution in [3.8, 4) is 0 Å². The van der Waals surface area contributed by atoms with Gasteiger partial charge in [-0.15, -0.1) is 0 Å². The lowest BCUT2D eigenvalue weighted by Gasteiger charge is -2.38. The molecule has 2 N–H and O–H groups in total. The summed E-state index contributed by atoms with van der Waals surface area (Å²) in [6.07, 6.45) is 7.92. The number of amides is 1. The Balaban J connectivity index is 1.56. The van der Waals surface area contributed by atoms with E-state index < -0.39 is 6.09 Å². The molecule has 0 spiro atoms. The summed E-state index contributed by atoms with van der Waals surface area (Å²) in [6.45, 7) is 9.94. The number of aromatic amines is 1. The number of carbonyl (C=O) groups is 1. The Morgan fingerprint density at radius 2 is 2.00 bits per heavy atom. The Morgan fingerprint density at radius 3 is 2.74 bits per heavy atom. The fourth-order valence-corrected chi connectivity index (χ4v) is 5.94. The van der Waals surface area contributed by atoms with E-state index in [4.69, 9.17) is 0 Å². The van der Waals surface area contributed by atoms with E-state index in [1.165, 1.54) is 10.5 Å². The number of hydrogen-bond donors (Lipinski definition) is 2. The summed E-state index contributed by atoms with van der Waals surface area (Å²) >= 11 is 0. The second kappa shape index (κ2) is 11.6. The van der Waals surface area contributed by atoms with E-state index in [2.05, 4.69) is 75.8 Å². The smallest absolute Gasteiger partial charge is 0.413 e. The molecule has 8 heteroatoms. The van der Waals surface area contributed by atoms with Crippen LogP contribution in [0.2, 0.25) is 0 Å². The van der Waals surface area contributed by atoms with Gasteiger partial charge in [0.15, 0.2) is 5.65 Å². The number of unbranched alkanes of at least 4 members (excludes halogenated alkanes) is 1. The zero-order chi connectivity index (χ0) is 26.6. The number of piperidine rings is 1. The fraction of sp³-hybridized carbons (Fsp3) is 0.500. The first-order valence-corrected chi connectivity index (χ1v) is 14.1. The number of anilines is 1. The lowest BCUT2D eigenvalue weighted by molar-refractivity contribution is 0.122. The number of likely N-dealkylation sites (tertiary alicyclic amines) is 1. The molecular weight excluding hydrogens is 476 g/mol. The number of pyridine rings is 1. The maximum Gasteiger partial charge on any atom is 0.413 e. The van der Waals surface area contributed by atoms with Gasteiger partial charge >= 0.3 is 6.09 Å². The van der Waals surface area contributed by atoms with Crippen molar-refractivity contribution in [3.05, 3.63) is 54.4 Å². The highest BCUT2D eigenvalue weighted by molar-refractivity contribution is 6.09. The minimum atomic E-state index is -0.932. The highest BCUT2D eigenvalue weighted by Gasteiger charge is 2.32. The van der Waals surface area contributed by atoms with Gasteiger partial charge in [0.25, 0.3) is 0 Å². The second-order valence-corrected chi connectivity index (χ2v) is 10.9. The third-order valence-electron chi connectivity index (χ3n) is 8.30. The Labute approximate surface area is 224 Å². The third kappa shape index (κ3) is 5.27. The molecule has 1 amide bonds. The van der Waals surface area contributed by atoms with Gasteiger partial charge in [-0.2, -0.15) is 0 Å². The van der Waals surface area contributed by atoms with E-state index >= 15 is 0 Å². The summed E-state index contributed by atoms with van der Waals surface area (Å²) < 4.78 is 2.22. The summed E-state index contributed by atoms with van der Waals surface area (Å²) in [6, 6.07) is 12.8. The van der Waals surface area contributed by atoms with Crippen LogP contribution in [-0.4, -0.2) is 55.5 Å². The number of fused-ring (bicyclic) bond motifs is 3. The summed E-state index contributed by atoms with van der Waals surface area (Å²) in [5.74, 6) is 1.36. The zero-order valence-corrected chi connectivity index (χ0v) is 22.8. The van der Waals surface area contributed by atoms with Crippen LogP contribution in [0.4, 0.5) is 10.6 Å². The molecule has 4 heterocycles. The average molecular weight is 517 g/mol. The van der Waals surface area contributed by atoms with Gasteiger partial charge in [-0.05, 0) is 42.9 Å². The molecule has 0 unspecified atom stereocenters. The van der Waals surface area contributed by atoms with Gasteiger partial charge in [-0.3, -0.25) is 19.6 Å². The molecule has 202 valence electrons. The Morgan fingerprint density at radius 1 is 1.18 bits per heavy atom. The topological polar surface area (TPSA) is 90.3 Å². The molecule has 4 aromatic rings. The van der Waals surface area contributed by atoms with Crippen molar-refractivity contribution in [2.24, 2.45) is 11.8 Å². The van der Waals surface area contributed by atoms with Crippen LogP contribution in [0.1, 0.15) is 64.5 Å². The predicted octanol–water partition coefficient (Wildman–Crippen LogP) is 6.70. The van der Waals surface area contributed by atoms with E-state index in [1.54, 1.807) is 12.4 Å². The molecule has 8 nitrogen and oxygen atoms in total. The highest BCUT2D eigenvalue weighted by Crippen LogP contribution is 2.37. The molecule has 0 saturated carbocycles. The molecule has 1 saturated heterocycles. The van der Waals surface area contributed by atoms with E-state index in [9.17, 15) is 9.90 Å². The molecule has 0 aliphatic carbocycles. The molecule has 3 aromatic heterocycles.